The quantitative estimate of drug-likeness (QED) is 0.167. The van der Waals surface area contributed by atoms with Crippen LogP contribution in [0.2, 0.25) is 0 Å². The van der Waals surface area contributed by atoms with Crippen LogP contribution in [0.4, 0.5) is 0 Å². The minimum absolute atomic E-state index is 0.930. The van der Waals surface area contributed by atoms with Crippen LogP contribution in [0.3, 0.4) is 0 Å². The predicted molar refractivity (Wildman–Crippen MR) is 233 cm³/mol. The summed E-state index contributed by atoms with van der Waals surface area (Å²) >= 11 is 1.88. The molecule has 0 bridgehead atoms. The molecule has 0 atom stereocenters. The van der Waals surface area contributed by atoms with Gasteiger partial charge in [0, 0.05) is 36.3 Å². The van der Waals surface area contributed by atoms with Gasteiger partial charge in [0.05, 0.1) is 0 Å². The summed E-state index contributed by atoms with van der Waals surface area (Å²) in [5.41, 5.74) is 9.32. The molecule has 0 aliphatic heterocycles. The summed E-state index contributed by atoms with van der Waals surface area (Å²) in [6, 6.07) is 66.8. The summed E-state index contributed by atoms with van der Waals surface area (Å²) in [6.45, 7) is 0. The third-order valence-corrected chi connectivity index (χ3v) is 12.6. The van der Waals surface area contributed by atoms with E-state index in [1.165, 1.54) is 107 Å². The Labute approximate surface area is 314 Å². The van der Waals surface area contributed by atoms with E-state index in [1.54, 1.807) is 0 Å². The second-order valence-corrected chi connectivity index (χ2v) is 15.4. The van der Waals surface area contributed by atoms with E-state index in [9.17, 15) is 0 Å². The number of hydrogen-bond donors (Lipinski definition) is 0. The van der Waals surface area contributed by atoms with Gasteiger partial charge in [0.25, 0.3) is 0 Å². The van der Waals surface area contributed by atoms with Crippen molar-refractivity contribution < 1.29 is 4.42 Å². The minimum atomic E-state index is 0.930. The van der Waals surface area contributed by atoms with Gasteiger partial charge in [0.15, 0.2) is 0 Å². The van der Waals surface area contributed by atoms with Crippen LogP contribution in [0.1, 0.15) is 0 Å². The number of rotatable bonds is 3. The van der Waals surface area contributed by atoms with Crippen molar-refractivity contribution >= 4 is 96.5 Å². The molecule has 0 unspecified atom stereocenters. The Balaban J connectivity index is 1.13. The lowest BCUT2D eigenvalue weighted by Crippen LogP contribution is -1.91. The molecule has 0 spiro atoms. The molecule has 2 heterocycles. The van der Waals surface area contributed by atoms with Crippen LogP contribution < -0.4 is 0 Å². The van der Waals surface area contributed by atoms with Crippen molar-refractivity contribution in [3.8, 4) is 33.4 Å². The highest BCUT2D eigenvalue weighted by Crippen LogP contribution is 2.48. The lowest BCUT2D eigenvalue weighted by Gasteiger charge is -2.18. The normalized spacial score (nSPS) is 12.1. The molecular weight excluding hydrogens is 673 g/mol. The van der Waals surface area contributed by atoms with Gasteiger partial charge in [-0.2, -0.15) is 0 Å². The molecule has 10 aromatic carbocycles. The van der Waals surface area contributed by atoms with E-state index in [0.717, 1.165) is 11.2 Å². The van der Waals surface area contributed by atoms with Gasteiger partial charge >= 0.3 is 0 Å². The van der Waals surface area contributed by atoms with E-state index in [4.69, 9.17) is 4.42 Å². The summed E-state index contributed by atoms with van der Waals surface area (Å²) in [5.74, 6) is 0. The van der Waals surface area contributed by atoms with E-state index in [0.29, 0.717) is 0 Å². The zero-order valence-electron chi connectivity index (χ0n) is 29.1. The van der Waals surface area contributed by atoms with Crippen LogP contribution in [0.5, 0.6) is 0 Å². The van der Waals surface area contributed by atoms with Gasteiger partial charge in [-0.25, -0.2) is 0 Å². The summed E-state index contributed by atoms with van der Waals surface area (Å²) < 4.78 is 8.98. The predicted octanol–water partition coefficient (Wildman–Crippen LogP) is 15.6. The molecule has 0 aliphatic carbocycles. The highest BCUT2D eigenvalue weighted by atomic mass is 32.1. The van der Waals surface area contributed by atoms with Crippen molar-refractivity contribution in [3.05, 3.63) is 182 Å². The number of para-hydroxylation sites is 1. The summed E-state index contributed by atoms with van der Waals surface area (Å²) in [5, 5.41) is 15.0. The molecule has 0 fully saturated rings. The fourth-order valence-electron chi connectivity index (χ4n) is 9.08. The van der Waals surface area contributed by atoms with Crippen molar-refractivity contribution in [1.82, 2.24) is 0 Å². The van der Waals surface area contributed by atoms with E-state index in [-0.39, 0.29) is 0 Å². The highest BCUT2D eigenvalue weighted by molar-refractivity contribution is 7.27. The Morgan fingerprint density at radius 1 is 0.333 bits per heavy atom. The first kappa shape index (κ1) is 29.8. The molecule has 54 heavy (non-hydrogen) atoms. The fraction of sp³-hybridized carbons (Fsp3) is 0. The molecule has 12 rings (SSSR count). The first-order chi connectivity index (χ1) is 26.8. The average Bonchev–Trinajstić information content (AvgIpc) is 3.81. The van der Waals surface area contributed by atoms with Gasteiger partial charge in [0.1, 0.15) is 11.2 Å². The van der Waals surface area contributed by atoms with Crippen LogP contribution in [0.25, 0.3) is 119 Å². The van der Waals surface area contributed by atoms with Crippen LogP contribution in [0, 0.1) is 0 Å². The van der Waals surface area contributed by atoms with Gasteiger partial charge < -0.3 is 4.42 Å². The van der Waals surface area contributed by atoms with Gasteiger partial charge in [-0.3, -0.25) is 0 Å². The lowest BCUT2D eigenvalue weighted by molar-refractivity contribution is 0.669. The lowest BCUT2D eigenvalue weighted by atomic mass is 9.85. The van der Waals surface area contributed by atoms with Gasteiger partial charge in [-0.15, -0.1) is 11.3 Å². The van der Waals surface area contributed by atoms with E-state index < -0.39 is 0 Å². The molecule has 2 aromatic heterocycles. The minimum Gasteiger partial charge on any atom is -0.456 e. The number of furan rings is 1. The van der Waals surface area contributed by atoms with Gasteiger partial charge in [0.2, 0.25) is 0 Å². The molecule has 0 amide bonds. The third kappa shape index (κ3) is 4.26. The average molecular weight is 703 g/mol. The molecule has 12 aromatic rings. The van der Waals surface area contributed by atoms with Crippen LogP contribution in [-0.2, 0) is 0 Å². The topological polar surface area (TPSA) is 13.1 Å². The Kier molecular flexibility index (Phi) is 6.28. The molecule has 1 nitrogen and oxygen atoms in total. The molecule has 0 N–H and O–H groups in total. The largest absolute Gasteiger partial charge is 0.456 e. The van der Waals surface area contributed by atoms with Gasteiger partial charge in [-0.05, 0) is 107 Å². The molecule has 250 valence electrons. The monoisotopic (exact) mass is 702 g/mol. The molecule has 0 radical (unpaired) electrons. The summed E-state index contributed by atoms with van der Waals surface area (Å²) in [7, 11) is 0. The molecule has 2 heteroatoms. The highest BCUT2D eigenvalue weighted by Gasteiger charge is 2.20. The standard InChI is InChI=1S/C52H30OS/c1-2-13-32-28-35(25-24-31(32)12-1)49-39-19-6-4-17-37(39)48(38-18-5-7-20-40(38)49)34-15-11-14-33(29-34)43-30-44-51-47(54-52(44)41-21-8-3-16-36(41)43)27-26-46-50(51)42-22-9-10-23-45(42)53-46/h1-30H. The number of thiophene rings is 1. The van der Waals surface area contributed by atoms with Crippen molar-refractivity contribution in [1.29, 1.82) is 0 Å². The van der Waals surface area contributed by atoms with Crippen molar-refractivity contribution in [2.75, 3.05) is 0 Å². The zero-order chi connectivity index (χ0) is 35.3. The Hall–Kier alpha value is -6.74. The molecule has 0 saturated heterocycles. The first-order valence-electron chi connectivity index (χ1n) is 18.5. The number of hydrogen-bond acceptors (Lipinski definition) is 2. The van der Waals surface area contributed by atoms with E-state index in [2.05, 4.69) is 182 Å². The maximum Gasteiger partial charge on any atom is 0.136 e. The summed E-state index contributed by atoms with van der Waals surface area (Å²) in [4.78, 5) is 0. The Morgan fingerprint density at radius 3 is 1.67 bits per heavy atom. The third-order valence-electron chi connectivity index (χ3n) is 11.4. The second kappa shape index (κ2) is 11.4. The number of fused-ring (bicyclic) bond motifs is 12. The van der Waals surface area contributed by atoms with E-state index in [1.807, 2.05) is 11.3 Å². The number of benzene rings is 10. The van der Waals surface area contributed by atoms with E-state index >= 15 is 0 Å². The second-order valence-electron chi connectivity index (χ2n) is 14.3. The maximum absolute atomic E-state index is 6.38. The van der Waals surface area contributed by atoms with Gasteiger partial charge in [-0.1, -0.05) is 146 Å². The molecule has 0 aliphatic rings. The Bertz CT molecular complexity index is 3450. The van der Waals surface area contributed by atoms with Crippen molar-refractivity contribution in [2.24, 2.45) is 0 Å². The van der Waals surface area contributed by atoms with Crippen molar-refractivity contribution in [3.63, 3.8) is 0 Å². The zero-order valence-corrected chi connectivity index (χ0v) is 30.0. The SMILES string of the molecule is c1cc(-c2c3ccccc3c(-c3ccc4ccccc4c3)c3ccccc23)cc(-c2cc3c(sc4ccc5oc6ccccc6c5c43)c3ccccc23)c1. The smallest absolute Gasteiger partial charge is 0.136 e. The first-order valence-corrected chi connectivity index (χ1v) is 19.3. The van der Waals surface area contributed by atoms with Crippen LogP contribution in [0.15, 0.2) is 186 Å². The van der Waals surface area contributed by atoms with Crippen molar-refractivity contribution in [2.45, 2.75) is 0 Å². The summed E-state index contributed by atoms with van der Waals surface area (Å²) in [6.07, 6.45) is 0. The fourth-order valence-corrected chi connectivity index (χ4v) is 10.3. The maximum atomic E-state index is 6.38. The van der Waals surface area contributed by atoms with Crippen LogP contribution >= 0.6 is 11.3 Å². The molecular formula is C52H30OS. The molecule has 0 saturated carbocycles. The Morgan fingerprint density at radius 2 is 0.926 bits per heavy atom. The van der Waals surface area contributed by atoms with Crippen LogP contribution in [-0.4, -0.2) is 0 Å².